The quantitative estimate of drug-likeness (QED) is 0.700. The summed E-state index contributed by atoms with van der Waals surface area (Å²) in [6, 6.07) is 9.63. The first-order valence-electron chi connectivity index (χ1n) is 5.16. The summed E-state index contributed by atoms with van der Waals surface area (Å²) in [6.45, 7) is 4.95. The molecule has 1 aliphatic heterocycles. The number of rotatable bonds is 2. The Hall–Kier alpha value is -2.08. The van der Waals surface area contributed by atoms with Crippen molar-refractivity contribution in [3.05, 3.63) is 48.0 Å². The van der Waals surface area contributed by atoms with E-state index in [1.54, 1.807) is 4.90 Å². The predicted octanol–water partition coefficient (Wildman–Crippen LogP) is 1.67. The highest BCUT2D eigenvalue weighted by atomic mass is 16.2. The standard InChI is InChI=1S/C13H12N2O/c1-2-13(16)15-8-12(9-15)11-5-3-10(7-14)4-6-11/h2-6,12H,1,8-9H2. The zero-order chi connectivity index (χ0) is 11.5. The number of hydrogen-bond donors (Lipinski definition) is 0. The van der Waals surface area contributed by atoms with E-state index < -0.39 is 0 Å². The lowest BCUT2D eigenvalue weighted by Gasteiger charge is -2.39. The van der Waals surface area contributed by atoms with Crippen LogP contribution in [0, 0.1) is 11.3 Å². The predicted molar refractivity (Wildman–Crippen MR) is 60.7 cm³/mol. The minimum Gasteiger partial charge on any atom is -0.338 e. The van der Waals surface area contributed by atoms with Gasteiger partial charge in [-0.2, -0.15) is 5.26 Å². The van der Waals surface area contributed by atoms with E-state index in [0.29, 0.717) is 11.5 Å². The van der Waals surface area contributed by atoms with Gasteiger partial charge in [-0.1, -0.05) is 18.7 Å². The summed E-state index contributed by atoms with van der Waals surface area (Å²) in [6.07, 6.45) is 1.34. The summed E-state index contributed by atoms with van der Waals surface area (Å²) in [4.78, 5) is 13.0. The fourth-order valence-electron chi connectivity index (χ4n) is 1.83. The summed E-state index contributed by atoms with van der Waals surface area (Å²) in [7, 11) is 0. The molecule has 1 saturated heterocycles. The number of likely N-dealkylation sites (tertiary alicyclic amines) is 1. The molecule has 80 valence electrons. The van der Waals surface area contributed by atoms with Gasteiger partial charge in [0.15, 0.2) is 0 Å². The Kier molecular flexibility index (Phi) is 2.74. The second-order valence-corrected chi connectivity index (χ2v) is 3.88. The van der Waals surface area contributed by atoms with Crippen LogP contribution in [0.2, 0.25) is 0 Å². The minimum atomic E-state index is -0.00936. The second kappa shape index (κ2) is 4.19. The maximum atomic E-state index is 11.2. The van der Waals surface area contributed by atoms with Gasteiger partial charge in [0, 0.05) is 19.0 Å². The van der Waals surface area contributed by atoms with Crippen LogP contribution >= 0.6 is 0 Å². The van der Waals surface area contributed by atoms with Crippen LogP contribution in [0.5, 0.6) is 0 Å². The molecule has 16 heavy (non-hydrogen) atoms. The van der Waals surface area contributed by atoms with E-state index >= 15 is 0 Å². The van der Waals surface area contributed by atoms with Crippen LogP contribution < -0.4 is 0 Å². The molecule has 0 bridgehead atoms. The zero-order valence-electron chi connectivity index (χ0n) is 8.89. The Morgan fingerprint density at radius 3 is 2.56 bits per heavy atom. The molecule has 1 aromatic rings. The summed E-state index contributed by atoms with van der Waals surface area (Å²) < 4.78 is 0. The van der Waals surface area contributed by atoms with Gasteiger partial charge < -0.3 is 4.90 Å². The summed E-state index contributed by atoms with van der Waals surface area (Å²) >= 11 is 0. The molecule has 0 saturated carbocycles. The van der Waals surface area contributed by atoms with Crippen LogP contribution in [0.15, 0.2) is 36.9 Å². The summed E-state index contributed by atoms with van der Waals surface area (Å²) in [5.74, 6) is 0.390. The Balaban J connectivity index is 1.99. The van der Waals surface area contributed by atoms with Gasteiger partial charge >= 0.3 is 0 Å². The van der Waals surface area contributed by atoms with E-state index in [1.165, 1.54) is 11.6 Å². The molecule has 3 heteroatoms. The SMILES string of the molecule is C=CC(=O)N1CC(c2ccc(C#N)cc2)C1. The summed E-state index contributed by atoms with van der Waals surface area (Å²) in [5.41, 5.74) is 1.86. The molecule has 0 spiro atoms. The van der Waals surface area contributed by atoms with Crippen molar-refractivity contribution in [2.45, 2.75) is 5.92 Å². The molecule has 1 fully saturated rings. The van der Waals surface area contributed by atoms with E-state index in [-0.39, 0.29) is 5.91 Å². The first-order valence-corrected chi connectivity index (χ1v) is 5.16. The highest BCUT2D eigenvalue weighted by Gasteiger charge is 2.30. The molecule has 0 aliphatic carbocycles. The number of carbonyl (C=O) groups is 1. The lowest BCUT2D eigenvalue weighted by atomic mass is 9.91. The Morgan fingerprint density at radius 2 is 2.06 bits per heavy atom. The zero-order valence-corrected chi connectivity index (χ0v) is 8.89. The van der Waals surface area contributed by atoms with Gasteiger partial charge in [0.1, 0.15) is 0 Å². The van der Waals surface area contributed by atoms with E-state index in [1.807, 2.05) is 24.3 Å². The maximum Gasteiger partial charge on any atom is 0.245 e. The van der Waals surface area contributed by atoms with Gasteiger partial charge in [-0.25, -0.2) is 0 Å². The smallest absolute Gasteiger partial charge is 0.245 e. The normalized spacial score (nSPS) is 15.1. The Labute approximate surface area is 94.6 Å². The van der Waals surface area contributed by atoms with E-state index in [0.717, 1.165) is 13.1 Å². The van der Waals surface area contributed by atoms with Gasteiger partial charge in [0.05, 0.1) is 11.6 Å². The van der Waals surface area contributed by atoms with Crippen molar-refractivity contribution in [2.24, 2.45) is 0 Å². The molecule has 0 aromatic heterocycles. The topological polar surface area (TPSA) is 44.1 Å². The van der Waals surface area contributed by atoms with E-state index in [4.69, 9.17) is 5.26 Å². The highest BCUT2D eigenvalue weighted by Crippen LogP contribution is 2.27. The van der Waals surface area contributed by atoms with Crippen LogP contribution in [0.4, 0.5) is 0 Å². The fourth-order valence-corrected chi connectivity index (χ4v) is 1.83. The number of nitrogens with zero attached hydrogens (tertiary/aromatic N) is 2. The number of amides is 1. The van der Waals surface area contributed by atoms with E-state index in [9.17, 15) is 4.79 Å². The molecule has 0 radical (unpaired) electrons. The molecule has 2 rings (SSSR count). The van der Waals surface area contributed by atoms with Gasteiger partial charge in [0.2, 0.25) is 5.91 Å². The largest absolute Gasteiger partial charge is 0.338 e. The highest BCUT2D eigenvalue weighted by molar-refractivity contribution is 5.87. The molecule has 1 amide bonds. The third-order valence-electron chi connectivity index (χ3n) is 2.88. The van der Waals surface area contributed by atoms with Crippen LogP contribution in [0.25, 0.3) is 0 Å². The van der Waals surface area contributed by atoms with Crippen LogP contribution in [-0.2, 0) is 4.79 Å². The van der Waals surface area contributed by atoms with Gasteiger partial charge in [-0.15, -0.1) is 0 Å². The molecule has 0 N–H and O–H groups in total. The third kappa shape index (κ3) is 1.82. The molecular formula is C13H12N2O. The van der Waals surface area contributed by atoms with Crippen molar-refractivity contribution in [1.29, 1.82) is 5.26 Å². The lowest BCUT2D eigenvalue weighted by Crippen LogP contribution is -2.47. The monoisotopic (exact) mass is 212 g/mol. The van der Waals surface area contributed by atoms with Crippen molar-refractivity contribution in [3.63, 3.8) is 0 Å². The third-order valence-corrected chi connectivity index (χ3v) is 2.88. The number of carbonyl (C=O) groups excluding carboxylic acids is 1. The minimum absolute atomic E-state index is 0.00936. The maximum absolute atomic E-state index is 11.2. The van der Waals surface area contributed by atoms with Crippen molar-refractivity contribution in [2.75, 3.05) is 13.1 Å². The number of hydrogen-bond acceptors (Lipinski definition) is 2. The average Bonchev–Trinajstić information content (AvgIpc) is 2.27. The molecule has 1 heterocycles. The van der Waals surface area contributed by atoms with E-state index in [2.05, 4.69) is 12.6 Å². The van der Waals surface area contributed by atoms with Gasteiger partial charge in [-0.3, -0.25) is 4.79 Å². The molecule has 1 aliphatic rings. The lowest BCUT2D eigenvalue weighted by molar-refractivity contribution is -0.130. The Bertz CT molecular complexity index is 450. The first kappa shape index (κ1) is 10.4. The Morgan fingerprint density at radius 1 is 1.44 bits per heavy atom. The number of benzene rings is 1. The first-order chi connectivity index (χ1) is 7.74. The van der Waals surface area contributed by atoms with Gasteiger partial charge in [-0.05, 0) is 23.8 Å². The van der Waals surface area contributed by atoms with Crippen molar-refractivity contribution >= 4 is 5.91 Å². The number of nitriles is 1. The molecule has 0 atom stereocenters. The summed E-state index contributed by atoms with van der Waals surface area (Å²) in [5, 5.41) is 8.67. The molecule has 0 unspecified atom stereocenters. The molecular weight excluding hydrogens is 200 g/mol. The van der Waals surface area contributed by atoms with Crippen LogP contribution in [0.1, 0.15) is 17.0 Å². The van der Waals surface area contributed by atoms with Gasteiger partial charge in [0.25, 0.3) is 0 Å². The molecule has 1 aromatic carbocycles. The average molecular weight is 212 g/mol. The van der Waals surface area contributed by atoms with Crippen LogP contribution in [-0.4, -0.2) is 23.9 Å². The fraction of sp³-hybridized carbons (Fsp3) is 0.231. The van der Waals surface area contributed by atoms with Crippen molar-refractivity contribution in [1.82, 2.24) is 4.90 Å². The molecule has 3 nitrogen and oxygen atoms in total. The van der Waals surface area contributed by atoms with Crippen molar-refractivity contribution < 1.29 is 4.79 Å². The second-order valence-electron chi connectivity index (χ2n) is 3.88. The van der Waals surface area contributed by atoms with Crippen molar-refractivity contribution in [3.8, 4) is 6.07 Å². The van der Waals surface area contributed by atoms with Crippen LogP contribution in [0.3, 0.4) is 0 Å².